The van der Waals surface area contributed by atoms with E-state index in [-0.39, 0.29) is 39.4 Å². The molecular formula is C28H48N3O7W-. The molecule has 0 bridgehead atoms. The van der Waals surface area contributed by atoms with Gasteiger partial charge in [-0.1, -0.05) is 38.8 Å². The van der Waals surface area contributed by atoms with Gasteiger partial charge in [-0.25, -0.2) is 0 Å². The van der Waals surface area contributed by atoms with E-state index in [4.69, 9.17) is 9.84 Å². The van der Waals surface area contributed by atoms with Crippen LogP contribution in [0.15, 0.2) is 24.3 Å². The molecule has 4 atom stereocenters. The van der Waals surface area contributed by atoms with Gasteiger partial charge in [-0.05, 0) is 36.5 Å². The van der Waals surface area contributed by atoms with Gasteiger partial charge in [0.15, 0.2) is 0 Å². The van der Waals surface area contributed by atoms with Crippen molar-refractivity contribution in [2.75, 3.05) is 52.5 Å². The Morgan fingerprint density at radius 1 is 1.03 bits per heavy atom. The van der Waals surface area contributed by atoms with Crippen molar-refractivity contribution in [3.05, 3.63) is 35.1 Å². The Kier molecular flexibility index (Phi) is 18.3. The van der Waals surface area contributed by atoms with Crippen molar-refractivity contribution in [2.24, 2.45) is 11.8 Å². The van der Waals surface area contributed by atoms with Crippen molar-refractivity contribution in [2.45, 2.75) is 70.4 Å². The number of benzene rings is 1. The molecule has 2 aliphatic heterocycles. The van der Waals surface area contributed by atoms with E-state index in [9.17, 15) is 25.2 Å². The summed E-state index contributed by atoms with van der Waals surface area (Å²) in [5, 5.41) is 55.0. The minimum Gasteiger partial charge on any atom is -0.662 e. The summed E-state index contributed by atoms with van der Waals surface area (Å²) < 4.78 is 5.85. The molecule has 0 spiro atoms. The molecule has 2 heterocycles. The maximum absolute atomic E-state index is 12.5. The summed E-state index contributed by atoms with van der Waals surface area (Å²) in [6.07, 6.45) is -1.04. The number of ether oxygens (including phenoxy) is 1. The molecule has 0 radical (unpaired) electrons. The molecule has 2 fully saturated rings. The van der Waals surface area contributed by atoms with Crippen LogP contribution in [0.4, 0.5) is 0 Å². The van der Waals surface area contributed by atoms with Crippen molar-refractivity contribution in [1.82, 2.24) is 10.2 Å². The first-order valence-corrected chi connectivity index (χ1v) is 14.0. The van der Waals surface area contributed by atoms with E-state index < -0.39 is 31.0 Å². The molecular weight excluding hydrogens is 674 g/mol. The fourth-order valence-corrected chi connectivity index (χ4v) is 4.67. The summed E-state index contributed by atoms with van der Waals surface area (Å²) in [4.78, 5) is 14.3. The van der Waals surface area contributed by atoms with Crippen molar-refractivity contribution < 1.29 is 56.1 Å². The molecule has 2 saturated heterocycles. The Hall–Kier alpha value is -1.10. The van der Waals surface area contributed by atoms with Gasteiger partial charge in [-0.15, -0.1) is 13.1 Å². The minimum absolute atomic E-state index is 0. The van der Waals surface area contributed by atoms with Crippen LogP contribution in [0.25, 0.3) is 5.32 Å². The number of carbonyl (C=O) groups excluding carboxylic acids is 1. The van der Waals surface area contributed by atoms with Gasteiger partial charge in [0.2, 0.25) is 5.91 Å². The predicted molar refractivity (Wildman–Crippen MR) is 146 cm³/mol. The van der Waals surface area contributed by atoms with Crippen LogP contribution in [0.2, 0.25) is 0 Å². The Bertz CT molecular complexity index is 777. The van der Waals surface area contributed by atoms with Crippen molar-refractivity contribution >= 4 is 5.91 Å². The number of rotatable bonds is 15. The maximum atomic E-state index is 12.5. The molecule has 0 aromatic heterocycles. The van der Waals surface area contributed by atoms with Crippen LogP contribution < -0.4 is 10.1 Å². The van der Waals surface area contributed by atoms with E-state index in [1.54, 1.807) is 4.90 Å². The number of carbonyl (C=O) groups is 1. The second-order valence-corrected chi connectivity index (χ2v) is 10.0. The number of aliphatic hydroxyl groups is 5. The molecule has 10 nitrogen and oxygen atoms in total. The number of nitrogens with one attached hydrogen (secondary N) is 1. The van der Waals surface area contributed by atoms with Crippen LogP contribution in [0.5, 0.6) is 5.75 Å². The minimum atomic E-state index is -1.63. The fraction of sp³-hybridized carbons (Fsp3) is 0.750. The summed E-state index contributed by atoms with van der Waals surface area (Å²) in [5.41, 5.74) is 0.945. The standard InChI is InChI=1S/C26H42N3O7.C2H6.W/c30-17-23(32)26(35)25(34)22(31)14-28-13-20-15-29(16-20)24(33)12-19-3-5-21(6-4-19)36-11-1-2-18-7-9-27-10-8-18;1-2;/h3-6,18,20,22-23,25-26,28,30-32,34-35H,1-2,7-17H2;1-2H3;/q-1;;/t22-,23+,25+,26+;;/m0../s1. The Labute approximate surface area is 247 Å². The SMILES string of the molecule is CC.O=C(Cc1ccc(OCCCC2CC[N-]CC2)cc1)N1CC(CNC[C@H](O)[C@@H](O)[C@H](O)[C@H](O)CO)C1.[W]. The zero-order valence-electron chi connectivity index (χ0n) is 23.3. The van der Waals surface area contributed by atoms with Crippen molar-refractivity contribution in [3.8, 4) is 5.75 Å². The largest absolute Gasteiger partial charge is 0.662 e. The van der Waals surface area contributed by atoms with E-state index in [0.717, 1.165) is 36.7 Å². The maximum Gasteiger partial charge on any atom is 0.227 e. The number of hydrogen-bond donors (Lipinski definition) is 6. The molecule has 1 aromatic rings. The summed E-state index contributed by atoms with van der Waals surface area (Å²) in [7, 11) is 0. The Morgan fingerprint density at radius 3 is 2.26 bits per heavy atom. The van der Waals surface area contributed by atoms with E-state index in [0.29, 0.717) is 32.7 Å². The average Bonchev–Trinajstić information content (AvgIpc) is 2.93. The van der Waals surface area contributed by atoms with Crippen LogP contribution in [0.3, 0.4) is 0 Å². The molecule has 224 valence electrons. The van der Waals surface area contributed by atoms with Gasteiger partial charge in [0, 0.05) is 53.2 Å². The van der Waals surface area contributed by atoms with Crippen LogP contribution in [0.1, 0.15) is 45.1 Å². The summed E-state index contributed by atoms with van der Waals surface area (Å²) in [6.45, 7) is 7.80. The van der Waals surface area contributed by atoms with E-state index in [2.05, 4.69) is 10.6 Å². The molecule has 11 heteroatoms. The number of nitrogens with zero attached hydrogens (tertiary/aromatic N) is 2. The Morgan fingerprint density at radius 2 is 1.64 bits per heavy atom. The molecule has 1 aromatic carbocycles. The normalized spacial score (nSPS) is 19.0. The first kappa shape index (κ1) is 35.9. The zero-order chi connectivity index (χ0) is 27.9. The number of aliphatic hydroxyl groups excluding tert-OH is 5. The second-order valence-electron chi connectivity index (χ2n) is 10.0. The number of piperidine rings is 1. The second kappa shape index (κ2) is 19.9. The first-order chi connectivity index (χ1) is 18.4. The molecule has 0 aliphatic carbocycles. The topological polar surface area (TPSA) is 157 Å². The van der Waals surface area contributed by atoms with Gasteiger partial charge in [0.25, 0.3) is 0 Å². The molecule has 2 aliphatic rings. The average molecular weight is 723 g/mol. The van der Waals surface area contributed by atoms with Gasteiger partial charge in [0.1, 0.15) is 24.1 Å². The fourth-order valence-electron chi connectivity index (χ4n) is 4.67. The van der Waals surface area contributed by atoms with Crippen molar-refractivity contribution in [1.29, 1.82) is 0 Å². The van der Waals surface area contributed by atoms with Gasteiger partial charge >= 0.3 is 0 Å². The third-order valence-corrected chi connectivity index (χ3v) is 7.12. The van der Waals surface area contributed by atoms with Gasteiger partial charge in [-0.2, -0.15) is 0 Å². The monoisotopic (exact) mass is 722 g/mol. The van der Waals surface area contributed by atoms with Gasteiger partial charge < -0.3 is 45.8 Å². The summed E-state index contributed by atoms with van der Waals surface area (Å²) in [5.74, 6) is 1.91. The van der Waals surface area contributed by atoms with E-state index in [1.807, 2.05) is 38.1 Å². The zero-order valence-corrected chi connectivity index (χ0v) is 26.3. The Balaban J connectivity index is 0.00000248. The molecule has 0 unspecified atom stereocenters. The molecule has 3 rings (SSSR count). The number of hydrogen-bond acceptors (Lipinski definition) is 8. The number of amides is 1. The smallest absolute Gasteiger partial charge is 0.227 e. The summed E-state index contributed by atoms with van der Waals surface area (Å²) >= 11 is 0. The van der Waals surface area contributed by atoms with Gasteiger partial charge in [0.05, 0.1) is 25.7 Å². The molecule has 6 N–H and O–H groups in total. The summed E-state index contributed by atoms with van der Waals surface area (Å²) in [6, 6.07) is 7.70. The predicted octanol–water partition coefficient (Wildman–Crippen LogP) is 0.679. The van der Waals surface area contributed by atoms with E-state index >= 15 is 0 Å². The van der Waals surface area contributed by atoms with Crippen LogP contribution in [-0.2, 0) is 32.3 Å². The van der Waals surface area contributed by atoms with Gasteiger partial charge in [-0.3, -0.25) is 4.79 Å². The van der Waals surface area contributed by atoms with Crippen LogP contribution in [0, 0.1) is 11.8 Å². The molecule has 0 saturated carbocycles. The first-order valence-electron chi connectivity index (χ1n) is 14.0. The quantitative estimate of drug-likeness (QED) is 0.145. The van der Waals surface area contributed by atoms with Crippen molar-refractivity contribution in [3.63, 3.8) is 0 Å². The number of likely N-dealkylation sites (tertiary alicyclic amines) is 1. The molecule has 1 amide bonds. The third kappa shape index (κ3) is 12.5. The molecule has 39 heavy (non-hydrogen) atoms. The van der Waals surface area contributed by atoms with E-state index in [1.165, 1.54) is 19.3 Å². The van der Waals surface area contributed by atoms with Crippen LogP contribution in [-0.4, -0.2) is 113 Å². The van der Waals surface area contributed by atoms with Crippen LogP contribution >= 0.6 is 0 Å². The third-order valence-electron chi connectivity index (χ3n) is 7.12.